The van der Waals surface area contributed by atoms with E-state index in [1.54, 1.807) is 84.0 Å². The van der Waals surface area contributed by atoms with Gasteiger partial charge in [-0.15, -0.1) is 10.2 Å². The fraction of sp³-hybridized carbons (Fsp3) is 0. The summed E-state index contributed by atoms with van der Waals surface area (Å²) in [5, 5.41) is 14.1. The summed E-state index contributed by atoms with van der Waals surface area (Å²) in [6.07, 6.45) is 5.08. The van der Waals surface area contributed by atoms with Crippen molar-refractivity contribution in [2.24, 2.45) is 0 Å². The fourth-order valence-electron chi connectivity index (χ4n) is 2.49. The van der Waals surface area contributed by atoms with Crippen LogP contribution >= 0.6 is 11.6 Å². The number of nitrogens with one attached hydrogen (secondary N) is 2. The zero-order chi connectivity index (χ0) is 20.1. The van der Waals surface area contributed by atoms with E-state index in [0.717, 1.165) is 0 Å². The predicted octanol–water partition coefficient (Wildman–Crippen LogP) is 4.75. The second-order valence-corrected chi connectivity index (χ2v) is 6.35. The third-order valence-electron chi connectivity index (χ3n) is 3.81. The van der Waals surface area contributed by atoms with Crippen molar-refractivity contribution in [1.29, 1.82) is 0 Å². The molecule has 0 bridgehead atoms. The van der Waals surface area contributed by atoms with Crippen molar-refractivity contribution in [3.05, 3.63) is 84.4 Å². The summed E-state index contributed by atoms with van der Waals surface area (Å²) >= 11 is 5.91. The molecule has 0 aliphatic heterocycles. The molecule has 29 heavy (non-hydrogen) atoms. The lowest BCUT2D eigenvalue weighted by atomic mass is 10.3. The van der Waals surface area contributed by atoms with Crippen LogP contribution in [0.25, 0.3) is 5.82 Å². The van der Waals surface area contributed by atoms with Gasteiger partial charge in [0.15, 0.2) is 5.82 Å². The van der Waals surface area contributed by atoms with Crippen LogP contribution in [0.15, 0.2) is 79.4 Å². The first-order valence-corrected chi connectivity index (χ1v) is 8.97. The van der Waals surface area contributed by atoms with Gasteiger partial charge < -0.3 is 15.4 Å². The van der Waals surface area contributed by atoms with Gasteiger partial charge in [0.05, 0.1) is 0 Å². The van der Waals surface area contributed by atoms with Gasteiger partial charge in [-0.25, -0.2) is 9.78 Å². The molecule has 0 fully saturated rings. The highest BCUT2D eigenvalue weighted by Gasteiger charge is 2.05. The van der Waals surface area contributed by atoms with E-state index in [4.69, 9.17) is 16.3 Å². The van der Waals surface area contributed by atoms with Crippen molar-refractivity contribution in [2.75, 3.05) is 10.6 Å². The Labute approximate surface area is 171 Å². The van der Waals surface area contributed by atoms with E-state index in [1.165, 1.54) is 0 Å². The number of carbonyl (C=O) groups is 1. The molecule has 2 N–H and O–H groups in total. The number of anilines is 2. The molecule has 144 valence electrons. The van der Waals surface area contributed by atoms with Crippen molar-refractivity contribution >= 4 is 29.0 Å². The minimum atomic E-state index is -0.373. The van der Waals surface area contributed by atoms with E-state index in [2.05, 4.69) is 25.8 Å². The van der Waals surface area contributed by atoms with Crippen molar-refractivity contribution < 1.29 is 9.53 Å². The van der Waals surface area contributed by atoms with Gasteiger partial charge >= 0.3 is 6.03 Å². The van der Waals surface area contributed by atoms with E-state index in [0.29, 0.717) is 33.8 Å². The molecule has 0 spiro atoms. The molecule has 0 saturated carbocycles. The molecule has 2 amide bonds. The maximum Gasteiger partial charge on any atom is 0.323 e. The number of nitrogens with zero attached hydrogens (tertiary/aromatic N) is 4. The molecular formula is C20H15ClN6O2. The van der Waals surface area contributed by atoms with Crippen LogP contribution in [-0.2, 0) is 0 Å². The average Bonchev–Trinajstić information content (AvgIpc) is 3.25. The van der Waals surface area contributed by atoms with Crippen LogP contribution in [0.1, 0.15) is 0 Å². The van der Waals surface area contributed by atoms with Gasteiger partial charge in [-0.2, -0.15) is 0 Å². The summed E-state index contributed by atoms with van der Waals surface area (Å²) in [5.74, 6) is 1.56. The first-order valence-electron chi connectivity index (χ1n) is 8.59. The smallest absolute Gasteiger partial charge is 0.323 e. The minimum Gasteiger partial charge on any atom is -0.438 e. The zero-order valence-electron chi connectivity index (χ0n) is 15.0. The Kier molecular flexibility index (Phi) is 5.35. The Morgan fingerprint density at radius 2 is 1.79 bits per heavy atom. The largest absolute Gasteiger partial charge is 0.438 e. The maximum absolute atomic E-state index is 12.1. The average molecular weight is 407 g/mol. The first-order chi connectivity index (χ1) is 14.2. The van der Waals surface area contributed by atoms with Crippen LogP contribution in [0.4, 0.5) is 16.2 Å². The highest BCUT2D eigenvalue weighted by molar-refractivity contribution is 6.30. The van der Waals surface area contributed by atoms with E-state index in [-0.39, 0.29) is 6.03 Å². The number of rotatable bonds is 5. The normalized spacial score (nSPS) is 10.4. The Balaban J connectivity index is 1.34. The van der Waals surface area contributed by atoms with Crippen molar-refractivity contribution in [3.8, 4) is 17.4 Å². The number of imidazole rings is 1. The summed E-state index contributed by atoms with van der Waals surface area (Å²) in [6.45, 7) is 0. The number of ether oxygens (including phenoxy) is 1. The Hall–Kier alpha value is -3.91. The molecule has 0 radical (unpaired) electrons. The number of carbonyl (C=O) groups excluding carboxylic acids is 1. The number of urea groups is 1. The molecule has 0 unspecified atom stereocenters. The van der Waals surface area contributed by atoms with Crippen LogP contribution in [0.3, 0.4) is 0 Å². The van der Waals surface area contributed by atoms with E-state index in [9.17, 15) is 4.79 Å². The van der Waals surface area contributed by atoms with Crippen molar-refractivity contribution in [3.63, 3.8) is 0 Å². The lowest BCUT2D eigenvalue weighted by molar-refractivity contribution is 0.262. The van der Waals surface area contributed by atoms with E-state index >= 15 is 0 Å². The number of benzene rings is 2. The minimum absolute atomic E-state index is 0.355. The summed E-state index contributed by atoms with van der Waals surface area (Å²) in [6, 6.07) is 16.9. The van der Waals surface area contributed by atoms with Gasteiger partial charge in [0.1, 0.15) is 12.1 Å². The molecule has 4 rings (SSSR count). The number of amides is 2. The standard InChI is InChI=1S/C20H15ClN6O2/c21-14-2-1-3-16(12-14)24-20(28)23-15-4-6-17(7-5-15)29-19-9-8-18(25-26-19)27-11-10-22-13-27/h1-13H,(H2,23,24,28). The van der Waals surface area contributed by atoms with Crippen LogP contribution in [0.2, 0.25) is 5.02 Å². The summed E-state index contributed by atoms with van der Waals surface area (Å²) in [5.41, 5.74) is 1.21. The van der Waals surface area contributed by atoms with Gasteiger partial charge in [0.25, 0.3) is 0 Å². The van der Waals surface area contributed by atoms with Crippen LogP contribution in [0, 0.1) is 0 Å². The van der Waals surface area contributed by atoms with Gasteiger partial charge in [0.2, 0.25) is 5.88 Å². The lowest BCUT2D eigenvalue weighted by Crippen LogP contribution is -2.19. The Morgan fingerprint density at radius 3 is 2.48 bits per heavy atom. The number of aromatic nitrogens is 4. The lowest BCUT2D eigenvalue weighted by Gasteiger charge is -2.09. The number of hydrogen-bond donors (Lipinski definition) is 2. The molecule has 0 aliphatic carbocycles. The topological polar surface area (TPSA) is 94.0 Å². The summed E-state index contributed by atoms with van der Waals surface area (Å²) in [4.78, 5) is 16.0. The molecule has 0 saturated heterocycles. The first kappa shape index (κ1) is 18.5. The van der Waals surface area contributed by atoms with Gasteiger partial charge in [-0.3, -0.25) is 4.57 Å². The molecule has 9 heteroatoms. The molecule has 2 heterocycles. The molecule has 2 aromatic heterocycles. The second-order valence-electron chi connectivity index (χ2n) is 5.92. The third kappa shape index (κ3) is 4.88. The quantitative estimate of drug-likeness (QED) is 0.498. The molecule has 4 aromatic rings. The predicted molar refractivity (Wildman–Crippen MR) is 110 cm³/mol. The van der Waals surface area contributed by atoms with E-state index < -0.39 is 0 Å². The fourth-order valence-corrected chi connectivity index (χ4v) is 2.68. The monoisotopic (exact) mass is 406 g/mol. The van der Waals surface area contributed by atoms with Crippen LogP contribution in [-0.4, -0.2) is 25.8 Å². The summed E-state index contributed by atoms with van der Waals surface area (Å²) < 4.78 is 7.42. The van der Waals surface area contributed by atoms with Gasteiger partial charge in [0, 0.05) is 34.9 Å². The Morgan fingerprint density at radius 1 is 0.966 bits per heavy atom. The Bertz CT molecular complexity index is 1100. The molecule has 0 aliphatic rings. The molecular weight excluding hydrogens is 392 g/mol. The van der Waals surface area contributed by atoms with Crippen molar-refractivity contribution in [2.45, 2.75) is 0 Å². The SMILES string of the molecule is O=C(Nc1ccc(Oc2ccc(-n3ccnc3)nn2)cc1)Nc1cccc(Cl)c1. The highest BCUT2D eigenvalue weighted by Crippen LogP contribution is 2.22. The molecule has 2 aromatic carbocycles. The zero-order valence-corrected chi connectivity index (χ0v) is 15.7. The maximum atomic E-state index is 12.1. The van der Waals surface area contributed by atoms with Gasteiger partial charge in [-0.05, 0) is 48.5 Å². The number of halogens is 1. The molecule has 0 atom stereocenters. The summed E-state index contributed by atoms with van der Waals surface area (Å²) in [7, 11) is 0. The highest BCUT2D eigenvalue weighted by atomic mass is 35.5. The van der Waals surface area contributed by atoms with Crippen molar-refractivity contribution in [1.82, 2.24) is 19.7 Å². The van der Waals surface area contributed by atoms with Crippen LogP contribution in [0.5, 0.6) is 11.6 Å². The second kappa shape index (κ2) is 8.41. The van der Waals surface area contributed by atoms with E-state index in [1.807, 2.05) is 0 Å². The number of hydrogen-bond acceptors (Lipinski definition) is 5. The molecule has 8 nitrogen and oxygen atoms in total. The van der Waals surface area contributed by atoms with Gasteiger partial charge in [-0.1, -0.05) is 17.7 Å². The van der Waals surface area contributed by atoms with Crippen LogP contribution < -0.4 is 15.4 Å². The third-order valence-corrected chi connectivity index (χ3v) is 4.05.